The smallest absolute Gasteiger partial charge is 0.320 e. The van der Waals surface area contributed by atoms with Crippen molar-refractivity contribution >= 4 is 11.9 Å². The lowest BCUT2D eigenvalue weighted by molar-refractivity contribution is -0.118. The topological polar surface area (TPSA) is 78.7 Å². The number of nitrogens with two attached hydrogens (primary N) is 1. The van der Waals surface area contributed by atoms with Crippen LogP contribution in [0.4, 0.5) is 4.79 Å². The van der Waals surface area contributed by atoms with Gasteiger partial charge in [0.15, 0.2) is 0 Å². The van der Waals surface area contributed by atoms with Crippen LogP contribution < -0.4 is 11.1 Å². The molecule has 1 rings (SSSR count). The van der Waals surface area contributed by atoms with Crippen molar-refractivity contribution < 1.29 is 9.59 Å². The van der Waals surface area contributed by atoms with E-state index in [4.69, 9.17) is 5.73 Å². The average Bonchev–Trinajstić information content (AvgIpc) is 2.26. The van der Waals surface area contributed by atoms with E-state index in [1.807, 2.05) is 6.92 Å². The molecule has 3 N–H and O–H groups in total. The number of hydrogen-bond acceptors (Lipinski definition) is 3. The number of hydrogen-bond donors (Lipinski definition) is 2. The lowest BCUT2D eigenvalue weighted by Crippen LogP contribution is -2.52. The van der Waals surface area contributed by atoms with Gasteiger partial charge in [0.05, 0.1) is 0 Å². The van der Waals surface area contributed by atoms with E-state index in [9.17, 15) is 9.59 Å². The number of carbonyl (C=O) groups is 2. The molecule has 0 saturated carbocycles. The summed E-state index contributed by atoms with van der Waals surface area (Å²) in [6.45, 7) is 5.33. The summed E-state index contributed by atoms with van der Waals surface area (Å²) >= 11 is 0. The Morgan fingerprint density at radius 1 is 1.40 bits per heavy atom. The van der Waals surface area contributed by atoms with Crippen LogP contribution in [0.25, 0.3) is 0 Å². The fourth-order valence-electron chi connectivity index (χ4n) is 1.56. The van der Waals surface area contributed by atoms with Gasteiger partial charge in [0.2, 0.25) is 5.91 Å². The molecular weight excluding hydrogens is 196 g/mol. The Morgan fingerprint density at radius 2 is 2.00 bits per heavy atom. The van der Waals surface area contributed by atoms with Gasteiger partial charge in [-0.2, -0.15) is 0 Å². The van der Waals surface area contributed by atoms with Crippen LogP contribution in [0.5, 0.6) is 0 Å². The van der Waals surface area contributed by atoms with Gasteiger partial charge in [-0.1, -0.05) is 0 Å². The van der Waals surface area contributed by atoms with E-state index in [1.165, 1.54) is 4.90 Å². The molecule has 0 spiro atoms. The highest BCUT2D eigenvalue weighted by molar-refractivity contribution is 5.83. The third kappa shape index (κ3) is 3.39. The summed E-state index contributed by atoms with van der Waals surface area (Å²) in [4.78, 5) is 25.8. The maximum absolute atomic E-state index is 11.9. The Morgan fingerprint density at radius 3 is 2.47 bits per heavy atom. The van der Waals surface area contributed by atoms with Crippen molar-refractivity contribution in [3.8, 4) is 0 Å². The second kappa shape index (κ2) is 5.55. The molecule has 0 bridgehead atoms. The van der Waals surface area contributed by atoms with Gasteiger partial charge in [-0.25, -0.2) is 4.79 Å². The summed E-state index contributed by atoms with van der Waals surface area (Å²) in [5, 5.41) is 3.16. The summed E-state index contributed by atoms with van der Waals surface area (Å²) in [5.74, 6) is -0.472. The summed E-state index contributed by atoms with van der Waals surface area (Å²) in [6, 6.07) is -0.0993. The number of rotatable bonds is 3. The predicted octanol–water partition coefficient (Wildman–Crippen LogP) is -1.18. The third-order valence-electron chi connectivity index (χ3n) is 2.39. The Balaban J connectivity index is 2.50. The van der Waals surface area contributed by atoms with Crippen molar-refractivity contribution in [1.29, 1.82) is 0 Å². The van der Waals surface area contributed by atoms with Crippen molar-refractivity contribution in [3.63, 3.8) is 0 Å². The summed E-state index contributed by atoms with van der Waals surface area (Å²) in [5.41, 5.74) is 5.07. The molecule has 6 nitrogen and oxygen atoms in total. The number of amides is 3. The van der Waals surface area contributed by atoms with Crippen LogP contribution in [0.1, 0.15) is 6.92 Å². The van der Waals surface area contributed by atoms with Gasteiger partial charge >= 0.3 is 6.03 Å². The lowest BCUT2D eigenvalue weighted by atomic mass is 10.3. The first kappa shape index (κ1) is 11.8. The minimum atomic E-state index is -0.472. The number of nitrogens with one attached hydrogen (secondary N) is 1. The highest BCUT2D eigenvalue weighted by Gasteiger charge is 2.21. The van der Waals surface area contributed by atoms with E-state index in [0.717, 1.165) is 13.1 Å². The molecule has 1 aliphatic heterocycles. The van der Waals surface area contributed by atoms with Crippen LogP contribution in [0, 0.1) is 0 Å². The first-order valence-electron chi connectivity index (χ1n) is 5.18. The quantitative estimate of drug-likeness (QED) is 0.620. The molecule has 15 heavy (non-hydrogen) atoms. The molecule has 0 aliphatic carbocycles. The normalized spacial score (nSPS) is 16.2. The molecule has 1 fully saturated rings. The van der Waals surface area contributed by atoms with Crippen molar-refractivity contribution in [1.82, 2.24) is 15.1 Å². The summed E-state index contributed by atoms with van der Waals surface area (Å²) in [6.07, 6.45) is 0. The first-order chi connectivity index (χ1) is 7.15. The van der Waals surface area contributed by atoms with E-state index in [0.29, 0.717) is 19.6 Å². The molecule has 0 aromatic carbocycles. The molecule has 1 aliphatic rings. The standard InChI is InChI=1S/C9H18N4O2/c1-2-12(7-8(10)14)9(15)13-5-3-11-4-6-13/h11H,2-7H2,1H3,(H2,10,14). The van der Waals surface area contributed by atoms with Crippen LogP contribution in [-0.2, 0) is 4.79 Å². The molecule has 0 atom stereocenters. The Kier molecular flexibility index (Phi) is 4.36. The van der Waals surface area contributed by atoms with Gasteiger partial charge < -0.3 is 20.9 Å². The van der Waals surface area contributed by atoms with Crippen molar-refractivity contribution in [2.45, 2.75) is 6.92 Å². The molecule has 0 aromatic heterocycles. The van der Waals surface area contributed by atoms with Gasteiger partial charge in [-0.3, -0.25) is 4.79 Å². The lowest BCUT2D eigenvalue weighted by Gasteiger charge is -2.32. The number of primary amides is 1. The highest BCUT2D eigenvalue weighted by atomic mass is 16.2. The van der Waals surface area contributed by atoms with E-state index in [2.05, 4.69) is 5.32 Å². The van der Waals surface area contributed by atoms with E-state index in [-0.39, 0.29) is 12.6 Å². The largest absolute Gasteiger partial charge is 0.368 e. The maximum Gasteiger partial charge on any atom is 0.320 e. The molecule has 3 amide bonds. The number of carbonyl (C=O) groups excluding carboxylic acids is 2. The average molecular weight is 214 g/mol. The van der Waals surface area contributed by atoms with E-state index >= 15 is 0 Å². The molecule has 6 heteroatoms. The minimum Gasteiger partial charge on any atom is -0.368 e. The summed E-state index contributed by atoms with van der Waals surface area (Å²) < 4.78 is 0. The zero-order chi connectivity index (χ0) is 11.3. The third-order valence-corrected chi connectivity index (χ3v) is 2.39. The molecule has 1 heterocycles. The Bertz CT molecular complexity index is 238. The van der Waals surface area contributed by atoms with E-state index in [1.54, 1.807) is 4.90 Å². The molecular formula is C9H18N4O2. The van der Waals surface area contributed by atoms with Crippen molar-refractivity contribution in [3.05, 3.63) is 0 Å². The predicted molar refractivity (Wildman–Crippen MR) is 56.3 cm³/mol. The molecule has 1 saturated heterocycles. The number of piperazine rings is 1. The van der Waals surface area contributed by atoms with Crippen molar-refractivity contribution in [2.24, 2.45) is 5.73 Å². The van der Waals surface area contributed by atoms with Crippen molar-refractivity contribution in [2.75, 3.05) is 39.3 Å². The Hall–Kier alpha value is -1.30. The fourth-order valence-corrected chi connectivity index (χ4v) is 1.56. The minimum absolute atomic E-state index is 0.000732. The van der Waals surface area contributed by atoms with Gasteiger partial charge in [0, 0.05) is 32.7 Å². The first-order valence-corrected chi connectivity index (χ1v) is 5.18. The zero-order valence-electron chi connectivity index (χ0n) is 9.03. The second-order valence-corrected chi connectivity index (χ2v) is 3.50. The highest BCUT2D eigenvalue weighted by Crippen LogP contribution is 2.00. The molecule has 0 radical (unpaired) electrons. The van der Waals surface area contributed by atoms with Crippen LogP contribution in [0.2, 0.25) is 0 Å². The van der Waals surface area contributed by atoms with Gasteiger partial charge in [0.1, 0.15) is 6.54 Å². The molecule has 0 aromatic rings. The van der Waals surface area contributed by atoms with E-state index < -0.39 is 5.91 Å². The summed E-state index contributed by atoms with van der Waals surface area (Å²) in [7, 11) is 0. The SMILES string of the molecule is CCN(CC(N)=O)C(=O)N1CCNCC1. The van der Waals surface area contributed by atoms with Gasteiger partial charge in [0.25, 0.3) is 0 Å². The fraction of sp³-hybridized carbons (Fsp3) is 0.778. The molecule has 86 valence electrons. The second-order valence-electron chi connectivity index (χ2n) is 3.50. The van der Waals surface area contributed by atoms with Gasteiger partial charge in [-0.15, -0.1) is 0 Å². The van der Waals surface area contributed by atoms with Gasteiger partial charge in [-0.05, 0) is 6.92 Å². The molecule has 0 unspecified atom stereocenters. The number of urea groups is 1. The maximum atomic E-state index is 11.9. The van der Waals surface area contributed by atoms with Crippen LogP contribution in [-0.4, -0.2) is 61.0 Å². The van der Waals surface area contributed by atoms with Crippen LogP contribution in [0.15, 0.2) is 0 Å². The Labute approximate surface area is 89.4 Å². The monoisotopic (exact) mass is 214 g/mol. The number of likely N-dealkylation sites (N-methyl/N-ethyl adjacent to an activating group) is 1. The number of nitrogens with zero attached hydrogens (tertiary/aromatic N) is 2. The zero-order valence-corrected chi connectivity index (χ0v) is 9.03. The van der Waals surface area contributed by atoms with Crippen LogP contribution >= 0.6 is 0 Å². The van der Waals surface area contributed by atoms with Crippen LogP contribution in [0.3, 0.4) is 0 Å².